The fourth-order valence-corrected chi connectivity index (χ4v) is 1.75. The lowest BCUT2D eigenvalue weighted by Gasteiger charge is -2.12. The molecule has 1 aromatic heterocycles. The van der Waals surface area contributed by atoms with Gasteiger partial charge in [0.2, 0.25) is 0 Å². The molecule has 7 heteroatoms. The van der Waals surface area contributed by atoms with Crippen molar-refractivity contribution >= 4 is 29.1 Å². The molecule has 0 fully saturated rings. The first-order valence-electron chi connectivity index (χ1n) is 5.80. The van der Waals surface area contributed by atoms with Crippen LogP contribution >= 0.6 is 11.6 Å². The van der Waals surface area contributed by atoms with Gasteiger partial charge in [-0.1, -0.05) is 11.6 Å². The molecule has 0 saturated carbocycles. The van der Waals surface area contributed by atoms with Crippen molar-refractivity contribution in [2.45, 2.75) is 0 Å². The monoisotopic (exact) mass is 292 g/mol. The van der Waals surface area contributed by atoms with Gasteiger partial charge in [-0.3, -0.25) is 14.7 Å². The van der Waals surface area contributed by atoms with Crippen molar-refractivity contribution in [3.8, 4) is 0 Å². The zero-order valence-corrected chi connectivity index (χ0v) is 11.7. The van der Waals surface area contributed by atoms with E-state index in [-0.39, 0.29) is 11.8 Å². The fourth-order valence-electron chi connectivity index (χ4n) is 1.58. The summed E-state index contributed by atoms with van der Waals surface area (Å²) in [6.45, 7) is 0. The Hall–Kier alpha value is -2.34. The van der Waals surface area contributed by atoms with E-state index in [2.05, 4.69) is 15.5 Å². The number of nitrogens with one attached hydrogen (secondary N) is 2. The Morgan fingerprint density at radius 2 is 2.05 bits per heavy atom. The lowest BCUT2D eigenvalue weighted by molar-refractivity contribution is 0.0827. The third kappa shape index (κ3) is 2.97. The van der Waals surface area contributed by atoms with Gasteiger partial charge in [-0.25, -0.2) is 0 Å². The standard InChI is InChI=1S/C13H13ClN4O2/c1-18(2)13(20)8-3-4-10(14)11(5-8)17-12(19)9-6-15-16-7-9/h3-7H,1-2H3,(H,15,16)(H,17,19). The van der Waals surface area contributed by atoms with Crippen LogP contribution in [0.2, 0.25) is 5.02 Å². The lowest BCUT2D eigenvalue weighted by atomic mass is 10.1. The van der Waals surface area contributed by atoms with Crippen molar-refractivity contribution in [1.82, 2.24) is 15.1 Å². The fraction of sp³-hybridized carbons (Fsp3) is 0.154. The minimum Gasteiger partial charge on any atom is -0.345 e. The van der Waals surface area contributed by atoms with Crippen molar-refractivity contribution in [3.05, 3.63) is 46.7 Å². The second-order valence-electron chi connectivity index (χ2n) is 4.34. The number of amides is 2. The molecule has 1 heterocycles. The maximum Gasteiger partial charge on any atom is 0.258 e. The number of carbonyl (C=O) groups excluding carboxylic acids is 2. The van der Waals surface area contributed by atoms with E-state index in [1.54, 1.807) is 32.3 Å². The molecule has 1 aromatic carbocycles. The van der Waals surface area contributed by atoms with E-state index in [0.29, 0.717) is 21.8 Å². The van der Waals surface area contributed by atoms with E-state index in [4.69, 9.17) is 11.6 Å². The predicted octanol–water partition coefficient (Wildman–Crippen LogP) is 2.02. The van der Waals surface area contributed by atoms with Crippen molar-refractivity contribution in [1.29, 1.82) is 0 Å². The number of nitrogens with zero attached hydrogens (tertiary/aromatic N) is 2. The SMILES string of the molecule is CN(C)C(=O)c1ccc(Cl)c(NC(=O)c2cn[nH]c2)c1. The summed E-state index contributed by atoms with van der Waals surface area (Å²) >= 11 is 6.02. The van der Waals surface area contributed by atoms with Gasteiger partial charge in [-0.15, -0.1) is 0 Å². The van der Waals surface area contributed by atoms with Gasteiger partial charge in [0.25, 0.3) is 11.8 Å². The molecule has 104 valence electrons. The second kappa shape index (κ2) is 5.75. The molecule has 6 nitrogen and oxygen atoms in total. The minimum absolute atomic E-state index is 0.166. The van der Waals surface area contributed by atoms with E-state index in [1.807, 2.05) is 0 Å². The van der Waals surface area contributed by atoms with Crippen molar-refractivity contribution in [2.75, 3.05) is 19.4 Å². The highest BCUT2D eigenvalue weighted by atomic mass is 35.5. The van der Waals surface area contributed by atoms with Crippen LogP contribution in [0.3, 0.4) is 0 Å². The van der Waals surface area contributed by atoms with Gasteiger partial charge in [-0.2, -0.15) is 5.10 Å². The van der Waals surface area contributed by atoms with Crippen LogP contribution in [0.4, 0.5) is 5.69 Å². The Bertz CT molecular complexity index is 638. The molecule has 0 aliphatic carbocycles. The highest BCUT2D eigenvalue weighted by molar-refractivity contribution is 6.34. The number of carbonyl (C=O) groups is 2. The normalized spacial score (nSPS) is 10.2. The average molecular weight is 293 g/mol. The topological polar surface area (TPSA) is 78.1 Å². The summed E-state index contributed by atoms with van der Waals surface area (Å²) in [5.74, 6) is -0.518. The zero-order chi connectivity index (χ0) is 14.7. The maximum atomic E-state index is 11.9. The molecule has 2 aromatic rings. The van der Waals surface area contributed by atoms with Gasteiger partial charge in [0.05, 0.1) is 22.5 Å². The van der Waals surface area contributed by atoms with Crippen LogP contribution < -0.4 is 5.32 Å². The van der Waals surface area contributed by atoms with E-state index in [1.165, 1.54) is 17.3 Å². The van der Waals surface area contributed by atoms with Gasteiger partial charge in [0, 0.05) is 25.9 Å². The zero-order valence-electron chi connectivity index (χ0n) is 11.0. The number of hydrogen-bond donors (Lipinski definition) is 2. The molecular formula is C13H13ClN4O2. The average Bonchev–Trinajstić information content (AvgIpc) is 2.94. The summed E-state index contributed by atoms with van der Waals surface area (Å²) in [5.41, 5.74) is 1.21. The van der Waals surface area contributed by atoms with Crippen LogP contribution in [0.5, 0.6) is 0 Å². The van der Waals surface area contributed by atoms with Crippen LogP contribution in [0.1, 0.15) is 20.7 Å². The molecule has 20 heavy (non-hydrogen) atoms. The molecule has 0 bridgehead atoms. The molecule has 0 spiro atoms. The van der Waals surface area contributed by atoms with Crippen molar-refractivity contribution in [2.24, 2.45) is 0 Å². The van der Waals surface area contributed by atoms with E-state index >= 15 is 0 Å². The smallest absolute Gasteiger partial charge is 0.258 e. The summed E-state index contributed by atoms with van der Waals surface area (Å²) in [6, 6.07) is 4.73. The Morgan fingerprint density at radius 1 is 1.30 bits per heavy atom. The third-order valence-corrected chi connectivity index (χ3v) is 2.96. The van der Waals surface area contributed by atoms with Crippen LogP contribution in [0, 0.1) is 0 Å². The molecule has 0 radical (unpaired) electrons. The first kappa shape index (κ1) is 14.1. The van der Waals surface area contributed by atoms with Crippen molar-refractivity contribution < 1.29 is 9.59 Å². The second-order valence-corrected chi connectivity index (χ2v) is 4.74. The van der Waals surface area contributed by atoms with Crippen molar-refractivity contribution in [3.63, 3.8) is 0 Å². The lowest BCUT2D eigenvalue weighted by Crippen LogP contribution is -2.22. The Morgan fingerprint density at radius 3 is 2.65 bits per heavy atom. The number of halogens is 1. The number of benzene rings is 1. The summed E-state index contributed by atoms with van der Waals surface area (Å²) in [7, 11) is 3.31. The Balaban J connectivity index is 2.25. The van der Waals surface area contributed by atoms with Crippen LogP contribution in [-0.2, 0) is 0 Å². The molecule has 0 aliphatic heterocycles. The summed E-state index contributed by atoms with van der Waals surface area (Å²) in [5, 5.41) is 9.25. The molecular weight excluding hydrogens is 280 g/mol. The molecule has 0 atom stereocenters. The van der Waals surface area contributed by atoms with Gasteiger partial charge in [0.1, 0.15) is 0 Å². The van der Waals surface area contributed by atoms with Crippen LogP contribution in [0.25, 0.3) is 0 Å². The molecule has 2 N–H and O–H groups in total. The quantitative estimate of drug-likeness (QED) is 0.908. The molecule has 2 rings (SSSR count). The molecule has 0 saturated heterocycles. The van der Waals surface area contributed by atoms with Crippen LogP contribution in [-0.4, -0.2) is 41.0 Å². The summed E-state index contributed by atoms with van der Waals surface area (Å²) < 4.78 is 0. The maximum absolute atomic E-state index is 11.9. The minimum atomic E-state index is -0.352. The third-order valence-electron chi connectivity index (χ3n) is 2.63. The van der Waals surface area contributed by atoms with E-state index in [0.717, 1.165) is 0 Å². The molecule has 2 amide bonds. The Kier molecular flexibility index (Phi) is 4.05. The van der Waals surface area contributed by atoms with E-state index < -0.39 is 0 Å². The first-order valence-corrected chi connectivity index (χ1v) is 6.18. The number of rotatable bonds is 3. The Labute approximate surface area is 120 Å². The first-order chi connectivity index (χ1) is 9.49. The predicted molar refractivity (Wildman–Crippen MR) is 76.0 cm³/mol. The van der Waals surface area contributed by atoms with Gasteiger partial charge >= 0.3 is 0 Å². The summed E-state index contributed by atoms with van der Waals surface area (Å²) in [4.78, 5) is 25.2. The molecule has 0 aliphatic rings. The number of H-pyrrole nitrogens is 1. The largest absolute Gasteiger partial charge is 0.345 e. The highest BCUT2D eigenvalue weighted by Gasteiger charge is 2.13. The van der Waals surface area contributed by atoms with Gasteiger partial charge < -0.3 is 10.2 Å². The molecule has 0 unspecified atom stereocenters. The van der Waals surface area contributed by atoms with Gasteiger partial charge in [0.15, 0.2) is 0 Å². The van der Waals surface area contributed by atoms with Crippen LogP contribution in [0.15, 0.2) is 30.6 Å². The highest BCUT2D eigenvalue weighted by Crippen LogP contribution is 2.24. The number of anilines is 1. The number of aromatic amines is 1. The summed E-state index contributed by atoms with van der Waals surface area (Å²) in [6.07, 6.45) is 2.87. The number of aromatic nitrogens is 2. The van der Waals surface area contributed by atoms with E-state index in [9.17, 15) is 9.59 Å². The number of hydrogen-bond acceptors (Lipinski definition) is 3. The van der Waals surface area contributed by atoms with Gasteiger partial charge in [-0.05, 0) is 18.2 Å².